The number of nitrogens with one attached hydrogen (secondary N) is 2. The van der Waals surface area contributed by atoms with Crippen LogP contribution in [0.2, 0.25) is 0 Å². The van der Waals surface area contributed by atoms with E-state index in [1.807, 2.05) is 6.07 Å². The van der Waals surface area contributed by atoms with Crippen LogP contribution in [-0.2, 0) is 6.61 Å². The number of carbonyl (C=O) groups is 1. The first-order valence-electron chi connectivity index (χ1n) is 7.18. The highest BCUT2D eigenvalue weighted by molar-refractivity contribution is 5.82. The molecule has 2 aromatic rings. The summed E-state index contributed by atoms with van der Waals surface area (Å²) in [5.41, 5.74) is 2.55. The smallest absolute Gasteiger partial charge is 0.213 e. The molecular formula is C17H18N4O3. The Bertz CT molecular complexity index is 759. The van der Waals surface area contributed by atoms with Crippen LogP contribution in [0.15, 0.2) is 36.7 Å². The largest absolute Gasteiger partial charge is 0.486 e. The minimum atomic E-state index is 0.203. The van der Waals surface area contributed by atoms with Crippen molar-refractivity contribution >= 4 is 18.2 Å². The van der Waals surface area contributed by atoms with E-state index in [4.69, 9.17) is 14.9 Å². The van der Waals surface area contributed by atoms with Crippen LogP contribution in [0.4, 0.5) is 0 Å². The molecule has 0 saturated carbocycles. The van der Waals surface area contributed by atoms with Crippen molar-refractivity contribution in [3.63, 3.8) is 0 Å². The molecule has 0 aromatic carbocycles. The molecule has 0 fully saturated rings. The molecule has 0 aliphatic rings. The maximum absolute atomic E-state index is 11.2. The van der Waals surface area contributed by atoms with Crippen LogP contribution in [0.5, 0.6) is 11.6 Å². The Kier molecular flexibility index (Phi) is 6.01. The Balaban J connectivity index is 2.26. The average molecular weight is 326 g/mol. The van der Waals surface area contributed by atoms with Gasteiger partial charge >= 0.3 is 0 Å². The van der Waals surface area contributed by atoms with Crippen LogP contribution < -0.4 is 14.8 Å². The summed E-state index contributed by atoms with van der Waals surface area (Å²) in [4.78, 5) is 19.6. The summed E-state index contributed by atoms with van der Waals surface area (Å²) in [7, 11) is 3.24. The van der Waals surface area contributed by atoms with Gasteiger partial charge in [0.15, 0.2) is 6.29 Å². The molecule has 0 atom stereocenters. The van der Waals surface area contributed by atoms with Crippen molar-refractivity contribution in [2.45, 2.75) is 6.61 Å². The summed E-state index contributed by atoms with van der Waals surface area (Å²) in [6, 6.07) is 5.18. The van der Waals surface area contributed by atoms with E-state index >= 15 is 0 Å². The number of aldehydes is 1. The molecule has 2 heterocycles. The number of hydrogen-bond donors (Lipinski definition) is 2. The van der Waals surface area contributed by atoms with E-state index in [9.17, 15) is 4.79 Å². The van der Waals surface area contributed by atoms with Crippen LogP contribution in [0.1, 0.15) is 21.6 Å². The number of carbonyl (C=O) groups excluding carboxylic acids is 1. The lowest BCUT2D eigenvalue weighted by molar-refractivity contribution is 0.111. The SMILES string of the molecule is CN/C(=C\C=N)c1ncccc1COc1cnc(OC)cc1C=O. The number of pyridine rings is 2. The molecule has 0 amide bonds. The summed E-state index contributed by atoms with van der Waals surface area (Å²) < 4.78 is 10.7. The lowest BCUT2D eigenvalue weighted by Gasteiger charge is -2.13. The molecule has 0 aliphatic carbocycles. The van der Waals surface area contributed by atoms with Crippen molar-refractivity contribution in [2.75, 3.05) is 14.2 Å². The molecule has 0 saturated heterocycles. The number of methoxy groups -OCH3 is 1. The van der Waals surface area contributed by atoms with Crippen LogP contribution >= 0.6 is 0 Å². The van der Waals surface area contributed by atoms with Gasteiger partial charge in [-0.3, -0.25) is 9.78 Å². The Labute approximate surface area is 139 Å². The molecule has 124 valence electrons. The molecule has 0 bridgehead atoms. The Hall–Kier alpha value is -3.22. The van der Waals surface area contributed by atoms with E-state index in [1.54, 1.807) is 25.4 Å². The van der Waals surface area contributed by atoms with Gasteiger partial charge in [0, 0.05) is 31.1 Å². The molecule has 7 nitrogen and oxygen atoms in total. The first-order chi connectivity index (χ1) is 11.7. The van der Waals surface area contributed by atoms with E-state index in [0.29, 0.717) is 34.9 Å². The number of nitrogens with zero attached hydrogens (tertiary/aromatic N) is 2. The number of allylic oxidation sites excluding steroid dienone is 1. The molecule has 2 rings (SSSR count). The minimum absolute atomic E-state index is 0.203. The van der Waals surface area contributed by atoms with Gasteiger partial charge in [0.25, 0.3) is 0 Å². The first kappa shape index (κ1) is 17.1. The Morgan fingerprint density at radius 3 is 2.92 bits per heavy atom. The van der Waals surface area contributed by atoms with Crippen molar-refractivity contribution in [2.24, 2.45) is 0 Å². The van der Waals surface area contributed by atoms with E-state index in [2.05, 4.69) is 15.3 Å². The summed E-state index contributed by atoms with van der Waals surface area (Å²) in [6.45, 7) is 0.203. The Morgan fingerprint density at radius 1 is 1.42 bits per heavy atom. The molecule has 7 heteroatoms. The highest BCUT2D eigenvalue weighted by Gasteiger charge is 2.11. The molecule has 2 N–H and O–H groups in total. The monoisotopic (exact) mass is 326 g/mol. The standard InChI is InChI=1S/C17H18N4O3/c1-19-14(5-6-18)17-12(4-3-7-20-17)11-24-15-9-21-16(23-2)8-13(15)10-22/h3-10,18-19H,11H2,1-2H3/b14-5-,18-6?. The number of aromatic nitrogens is 2. The van der Waals surface area contributed by atoms with Gasteiger partial charge in [0.05, 0.1) is 30.3 Å². The average Bonchev–Trinajstić information content (AvgIpc) is 2.64. The highest BCUT2D eigenvalue weighted by atomic mass is 16.5. The summed E-state index contributed by atoms with van der Waals surface area (Å²) in [6.07, 6.45) is 6.60. The summed E-state index contributed by atoms with van der Waals surface area (Å²) >= 11 is 0. The van der Waals surface area contributed by atoms with E-state index in [-0.39, 0.29) is 6.61 Å². The molecule has 0 unspecified atom stereocenters. The van der Waals surface area contributed by atoms with Gasteiger partial charge in [0.1, 0.15) is 12.4 Å². The zero-order valence-electron chi connectivity index (χ0n) is 13.4. The fourth-order valence-corrected chi connectivity index (χ4v) is 2.08. The van der Waals surface area contributed by atoms with Gasteiger partial charge in [-0.25, -0.2) is 4.98 Å². The van der Waals surface area contributed by atoms with Crippen LogP contribution in [0, 0.1) is 5.41 Å². The van der Waals surface area contributed by atoms with Crippen molar-refractivity contribution in [3.05, 3.63) is 53.5 Å². The molecular weight excluding hydrogens is 308 g/mol. The number of ether oxygens (including phenoxy) is 2. The van der Waals surface area contributed by atoms with E-state index in [1.165, 1.54) is 25.6 Å². The molecule has 0 aliphatic heterocycles. The van der Waals surface area contributed by atoms with Crippen LogP contribution in [0.3, 0.4) is 0 Å². The van der Waals surface area contributed by atoms with Gasteiger partial charge in [-0.2, -0.15) is 0 Å². The first-order valence-corrected chi connectivity index (χ1v) is 7.18. The number of rotatable bonds is 8. The minimum Gasteiger partial charge on any atom is -0.486 e. The van der Waals surface area contributed by atoms with Gasteiger partial charge in [-0.15, -0.1) is 0 Å². The quantitative estimate of drug-likeness (QED) is 0.569. The second-order valence-corrected chi connectivity index (χ2v) is 4.68. The van der Waals surface area contributed by atoms with Crippen molar-refractivity contribution < 1.29 is 14.3 Å². The summed E-state index contributed by atoms with van der Waals surface area (Å²) in [5.74, 6) is 0.709. The van der Waals surface area contributed by atoms with E-state index < -0.39 is 0 Å². The fraction of sp³-hybridized carbons (Fsp3) is 0.176. The van der Waals surface area contributed by atoms with Gasteiger partial charge in [-0.1, -0.05) is 6.07 Å². The second kappa shape index (κ2) is 8.42. The highest BCUT2D eigenvalue weighted by Crippen LogP contribution is 2.22. The maximum atomic E-state index is 11.2. The fourth-order valence-electron chi connectivity index (χ4n) is 2.08. The molecule has 0 spiro atoms. The van der Waals surface area contributed by atoms with Crippen LogP contribution in [0.25, 0.3) is 5.70 Å². The van der Waals surface area contributed by atoms with Gasteiger partial charge in [-0.05, 0) is 12.1 Å². The lowest BCUT2D eigenvalue weighted by Crippen LogP contribution is -2.11. The third-order valence-corrected chi connectivity index (χ3v) is 3.26. The maximum Gasteiger partial charge on any atom is 0.213 e. The molecule has 0 radical (unpaired) electrons. The second-order valence-electron chi connectivity index (χ2n) is 4.68. The van der Waals surface area contributed by atoms with Gasteiger partial charge < -0.3 is 20.2 Å². The normalized spacial score (nSPS) is 10.8. The Morgan fingerprint density at radius 2 is 2.25 bits per heavy atom. The molecule has 2 aromatic heterocycles. The zero-order valence-corrected chi connectivity index (χ0v) is 13.4. The third kappa shape index (κ3) is 3.95. The molecule has 24 heavy (non-hydrogen) atoms. The topological polar surface area (TPSA) is 97.2 Å². The van der Waals surface area contributed by atoms with Crippen molar-refractivity contribution in [1.29, 1.82) is 5.41 Å². The van der Waals surface area contributed by atoms with Crippen molar-refractivity contribution in [3.8, 4) is 11.6 Å². The summed E-state index contributed by atoms with van der Waals surface area (Å²) in [5, 5.41) is 10.2. The van der Waals surface area contributed by atoms with E-state index in [0.717, 1.165) is 5.56 Å². The lowest BCUT2D eigenvalue weighted by atomic mass is 10.1. The van der Waals surface area contributed by atoms with Crippen LogP contribution in [-0.4, -0.2) is 36.6 Å². The number of hydrogen-bond acceptors (Lipinski definition) is 7. The predicted octanol–water partition coefficient (Wildman–Crippen LogP) is 2.09. The zero-order chi connectivity index (χ0) is 17.4. The van der Waals surface area contributed by atoms with Crippen molar-refractivity contribution in [1.82, 2.24) is 15.3 Å². The van der Waals surface area contributed by atoms with Gasteiger partial charge in [0.2, 0.25) is 5.88 Å². The third-order valence-electron chi connectivity index (χ3n) is 3.26. The predicted molar refractivity (Wildman–Crippen MR) is 90.6 cm³/mol.